The van der Waals surface area contributed by atoms with E-state index in [1.54, 1.807) is 4.57 Å². The molecule has 39 heavy (non-hydrogen) atoms. The summed E-state index contributed by atoms with van der Waals surface area (Å²) in [4.78, 5) is 32.2. The standard InChI is InChI=1S/C27H50N5O6P/c1-2-3-4-5-6-7-8-9-10-11-12-13-14-15-18-36-19-16-20-38-39(34,35)23-37-21-17-32-22-29-24-25(32)30-27(28)31-26(24)33/h22H,2-21,23H2,1H3,(H,34,35)(H3,28,30,31,33). The Morgan fingerprint density at radius 3 is 2.10 bits per heavy atom. The zero-order chi connectivity index (χ0) is 28.2. The molecule has 1 unspecified atom stereocenters. The smallest absolute Gasteiger partial charge is 0.353 e. The SMILES string of the molecule is CCCCCCCCCCCCCCCCOCCCOP(=O)(O)COCCn1cnc2c(=O)[nH]c(N)nc21. The largest absolute Gasteiger partial charge is 0.381 e. The van der Waals surface area contributed by atoms with Crippen molar-refractivity contribution >= 4 is 24.7 Å². The maximum atomic E-state index is 12.1. The maximum absolute atomic E-state index is 12.1. The molecule has 0 aromatic carbocycles. The van der Waals surface area contributed by atoms with Gasteiger partial charge in [-0.05, 0) is 12.8 Å². The number of nitrogens with two attached hydrogens (primary N) is 1. The fourth-order valence-corrected chi connectivity index (χ4v) is 5.23. The third-order valence-corrected chi connectivity index (χ3v) is 7.69. The Morgan fingerprint density at radius 1 is 0.872 bits per heavy atom. The summed E-state index contributed by atoms with van der Waals surface area (Å²) in [5.41, 5.74) is 5.65. The molecule has 0 fully saturated rings. The van der Waals surface area contributed by atoms with E-state index in [1.807, 2.05) is 0 Å². The molecule has 224 valence electrons. The number of rotatable bonds is 25. The number of nitrogens with one attached hydrogen (secondary N) is 1. The van der Waals surface area contributed by atoms with E-state index in [0.29, 0.717) is 31.8 Å². The molecular formula is C27H50N5O6P. The van der Waals surface area contributed by atoms with E-state index in [4.69, 9.17) is 19.7 Å². The van der Waals surface area contributed by atoms with Gasteiger partial charge in [0.2, 0.25) is 5.95 Å². The first kappa shape index (κ1) is 33.4. The molecule has 12 heteroatoms. The molecule has 0 amide bonds. The second kappa shape index (κ2) is 20.2. The van der Waals surface area contributed by atoms with E-state index >= 15 is 0 Å². The number of hydrogen-bond donors (Lipinski definition) is 3. The van der Waals surface area contributed by atoms with Gasteiger partial charge in [0.1, 0.15) is 6.35 Å². The fraction of sp³-hybridized carbons (Fsp3) is 0.815. The summed E-state index contributed by atoms with van der Waals surface area (Å²) in [7, 11) is -3.85. The highest BCUT2D eigenvalue weighted by Crippen LogP contribution is 2.41. The van der Waals surface area contributed by atoms with E-state index in [9.17, 15) is 14.3 Å². The number of imidazole rings is 1. The summed E-state index contributed by atoms with van der Waals surface area (Å²) < 4.78 is 29.8. The molecule has 0 saturated heterocycles. The van der Waals surface area contributed by atoms with Crippen LogP contribution in [0.4, 0.5) is 5.95 Å². The highest BCUT2D eigenvalue weighted by Gasteiger charge is 2.19. The Morgan fingerprint density at radius 2 is 1.46 bits per heavy atom. The molecule has 11 nitrogen and oxygen atoms in total. The summed E-state index contributed by atoms with van der Waals surface area (Å²) in [6, 6.07) is 0. The molecule has 2 aromatic heterocycles. The first-order valence-electron chi connectivity index (χ1n) is 14.8. The first-order valence-corrected chi connectivity index (χ1v) is 16.5. The predicted octanol–water partition coefficient (Wildman–Crippen LogP) is 5.77. The summed E-state index contributed by atoms with van der Waals surface area (Å²) in [6.45, 7) is 4.03. The molecule has 1 atom stereocenters. The number of aromatic nitrogens is 4. The van der Waals surface area contributed by atoms with E-state index < -0.39 is 19.5 Å². The molecule has 0 radical (unpaired) electrons. The zero-order valence-corrected chi connectivity index (χ0v) is 24.7. The minimum absolute atomic E-state index is 0.00741. The predicted molar refractivity (Wildman–Crippen MR) is 155 cm³/mol. The first-order chi connectivity index (χ1) is 18.9. The van der Waals surface area contributed by atoms with Crippen LogP contribution in [0.25, 0.3) is 11.2 Å². The number of nitrogens with zero attached hydrogens (tertiary/aromatic N) is 3. The zero-order valence-electron chi connectivity index (χ0n) is 23.8. The van der Waals surface area contributed by atoms with Crippen LogP contribution in [0, 0.1) is 0 Å². The van der Waals surface area contributed by atoms with Crippen molar-refractivity contribution in [1.29, 1.82) is 0 Å². The van der Waals surface area contributed by atoms with E-state index in [2.05, 4.69) is 21.9 Å². The van der Waals surface area contributed by atoms with Crippen molar-refractivity contribution in [2.75, 3.05) is 38.5 Å². The summed E-state index contributed by atoms with van der Waals surface area (Å²) in [5, 5.41) is 0. The highest BCUT2D eigenvalue weighted by atomic mass is 31.2. The van der Waals surface area contributed by atoms with Crippen molar-refractivity contribution in [3.63, 3.8) is 0 Å². The Kier molecular flexibility index (Phi) is 17.3. The lowest BCUT2D eigenvalue weighted by Crippen LogP contribution is -2.13. The molecular weight excluding hydrogens is 521 g/mol. The maximum Gasteiger partial charge on any atom is 0.353 e. The quantitative estimate of drug-likeness (QED) is 0.0995. The topological polar surface area (TPSA) is 155 Å². The van der Waals surface area contributed by atoms with Crippen LogP contribution in [0.1, 0.15) is 103 Å². The second-order valence-corrected chi connectivity index (χ2v) is 11.9. The van der Waals surface area contributed by atoms with Crippen molar-refractivity contribution < 1.29 is 23.5 Å². The molecule has 0 spiro atoms. The van der Waals surface area contributed by atoms with E-state index in [1.165, 1.54) is 89.8 Å². The van der Waals surface area contributed by atoms with Gasteiger partial charge in [0.05, 0.1) is 19.5 Å². The number of anilines is 1. The average molecular weight is 572 g/mol. The summed E-state index contributed by atoms with van der Waals surface area (Å²) in [5.74, 6) is -0.00741. The van der Waals surface area contributed by atoms with Crippen LogP contribution in [0.3, 0.4) is 0 Å². The lowest BCUT2D eigenvalue weighted by Gasteiger charge is -2.13. The number of aromatic amines is 1. The average Bonchev–Trinajstić information content (AvgIpc) is 3.31. The molecule has 0 aliphatic heterocycles. The van der Waals surface area contributed by atoms with Gasteiger partial charge in [-0.2, -0.15) is 4.98 Å². The minimum Gasteiger partial charge on any atom is -0.381 e. The molecule has 0 saturated carbocycles. The van der Waals surface area contributed by atoms with Gasteiger partial charge >= 0.3 is 7.60 Å². The van der Waals surface area contributed by atoms with Crippen molar-refractivity contribution in [1.82, 2.24) is 19.5 Å². The van der Waals surface area contributed by atoms with Crippen molar-refractivity contribution in [3.8, 4) is 0 Å². The number of nitrogen functional groups attached to an aromatic ring is 1. The Bertz CT molecular complexity index is 1010. The van der Waals surface area contributed by atoms with Gasteiger partial charge in [0.25, 0.3) is 5.56 Å². The monoisotopic (exact) mass is 571 g/mol. The summed E-state index contributed by atoms with van der Waals surface area (Å²) in [6.07, 6.45) is 20.2. The van der Waals surface area contributed by atoms with Crippen LogP contribution >= 0.6 is 7.60 Å². The van der Waals surface area contributed by atoms with Crippen LogP contribution in [0.2, 0.25) is 0 Å². The second-order valence-electron chi connectivity index (χ2n) is 10.1. The summed E-state index contributed by atoms with van der Waals surface area (Å²) >= 11 is 0. The Labute approximate surface area is 232 Å². The van der Waals surface area contributed by atoms with Gasteiger partial charge < -0.3 is 29.2 Å². The number of unbranched alkanes of at least 4 members (excludes halogenated alkanes) is 13. The van der Waals surface area contributed by atoms with Gasteiger partial charge in [0.15, 0.2) is 11.2 Å². The van der Waals surface area contributed by atoms with E-state index in [0.717, 1.165) is 6.42 Å². The fourth-order valence-electron chi connectivity index (χ4n) is 4.38. The van der Waals surface area contributed by atoms with Gasteiger partial charge in [-0.15, -0.1) is 0 Å². The van der Waals surface area contributed by atoms with Crippen LogP contribution < -0.4 is 11.3 Å². The van der Waals surface area contributed by atoms with Gasteiger partial charge in [0, 0.05) is 19.8 Å². The van der Waals surface area contributed by atoms with Gasteiger partial charge in [-0.25, -0.2) is 4.98 Å². The Hall–Kier alpha value is -1.78. The van der Waals surface area contributed by atoms with E-state index in [-0.39, 0.29) is 24.7 Å². The third kappa shape index (κ3) is 15.0. The highest BCUT2D eigenvalue weighted by molar-refractivity contribution is 7.52. The lowest BCUT2D eigenvalue weighted by atomic mass is 10.0. The van der Waals surface area contributed by atoms with Crippen molar-refractivity contribution in [3.05, 3.63) is 16.7 Å². The number of H-pyrrole nitrogens is 1. The number of hydrogen-bond acceptors (Lipinski definition) is 8. The van der Waals surface area contributed by atoms with Crippen LogP contribution in [0.15, 0.2) is 11.1 Å². The lowest BCUT2D eigenvalue weighted by molar-refractivity contribution is 0.106. The molecule has 2 heterocycles. The van der Waals surface area contributed by atoms with Gasteiger partial charge in [-0.3, -0.25) is 14.3 Å². The molecule has 0 aliphatic carbocycles. The van der Waals surface area contributed by atoms with Crippen LogP contribution in [0.5, 0.6) is 0 Å². The van der Waals surface area contributed by atoms with Crippen molar-refractivity contribution in [2.45, 2.75) is 110 Å². The van der Waals surface area contributed by atoms with Crippen LogP contribution in [-0.2, 0) is 25.1 Å². The molecule has 2 rings (SSSR count). The third-order valence-electron chi connectivity index (χ3n) is 6.59. The number of fused-ring (bicyclic) bond motifs is 1. The number of ether oxygens (including phenoxy) is 2. The molecule has 4 N–H and O–H groups in total. The Balaban J connectivity index is 1.36. The molecule has 2 aromatic rings. The van der Waals surface area contributed by atoms with Crippen molar-refractivity contribution in [2.24, 2.45) is 0 Å². The van der Waals surface area contributed by atoms with Crippen LogP contribution in [-0.4, -0.2) is 57.2 Å². The van der Waals surface area contributed by atoms with Gasteiger partial charge in [-0.1, -0.05) is 90.4 Å². The molecule has 0 bridgehead atoms. The normalized spacial score (nSPS) is 13.3. The molecule has 0 aliphatic rings. The minimum atomic E-state index is -3.85.